The van der Waals surface area contributed by atoms with Gasteiger partial charge >= 0.3 is 18.0 Å². The number of halogens is 3. The number of fused-ring (bicyclic) bond motifs is 1. The van der Waals surface area contributed by atoms with E-state index in [2.05, 4.69) is 10.1 Å². The highest BCUT2D eigenvalue weighted by molar-refractivity contribution is 5.94. The lowest BCUT2D eigenvalue weighted by molar-refractivity contribution is -0.317. The van der Waals surface area contributed by atoms with Crippen molar-refractivity contribution in [3.8, 4) is 17.3 Å². The van der Waals surface area contributed by atoms with Crippen molar-refractivity contribution in [2.45, 2.75) is 18.9 Å². The molecule has 4 aromatic rings. The predicted octanol–water partition coefficient (Wildman–Crippen LogP) is 4.26. The van der Waals surface area contributed by atoms with Crippen molar-refractivity contribution in [1.29, 1.82) is 0 Å². The van der Waals surface area contributed by atoms with Gasteiger partial charge < -0.3 is 14.0 Å². The smallest absolute Gasteiger partial charge is 0.459 e. The van der Waals surface area contributed by atoms with Crippen molar-refractivity contribution in [3.05, 3.63) is 65.9 Å². The van der Waals surface area contributed by atoms with E-state index in [1.165, 1.54) is 43.5 Å². The topological polar surface area (TPSA) is 91.4 Å². The molecule has 2 heterocycles. The number of hydrogen-bond donors (Lipinski definition) is 1. The Hall–Kier alpha value is -3.86. The second-order valence-electron chi connectivity index (χ2n) is 7.14. The van der Waals surface area contributed by atoms with Crippen LogP contribution in [0.5, 0.6) is 6.01 Å². The predicted molar refractivity (Wildman–Crippen MR) is 111 cm³/mol. The Balaban J connectivity index is 1.89. The van der Waals surface area contributed by atoms with Gasteiger partial charge in [-0.2, -0.15) is 18.2 Å². The number of amides is 1. The molecule has 0 bridgehead atoms. The summed E-state index contributed by atoms with van der Waals surface area (Å²) in [5.41, 5.74) is 1.40. The first-order valence-corrected chi connectivity index (χ1v) is 9.70. The second kappa shape index (κ2) is 8.24. The van der Waals surface area contributed by atoms with Crippen LogP contribution in [0.1, 0.15) is 16.1 Å². The summed E-state index contributed by atoms with van der Waals surface area (Å²) in [4.78, 5) is 16.9. The van der Waals surface area contributed by atoms with Crippen LogP contribution in [-0.4, -0.2) is 41.0 Å². The van der Waals surface area contributed by atoms with Crippen LogP contribution in [0, 0.1) is 6.92 Å². The van der Waals surface area contributed by atoms with Gasteiger partial charge in [-0.05, 0) is 37.3 Å². The van der Waals surface area contributed by atoms with Gasteiger partial charge in [-0.3, -0.25) is 10.1 Å². The lowest BCUT2D eigenvalue weighted by Gasteiger charge is -2.36. The molecule has 33 heavy (non-hydrogen) atoms. The largest absolute Gasteiger partial charge is 0.468 e. The number of nitrogens with zero attached hydrogens (tertiary/aromatic N) is 3. The van der Waals surface area contributed by atoms with Crippen molar-refractivity contribution in [3.63, 3.8) is 0 Å². The fourth-order valence-electron chi connectivity index (χ4n) is 3.48. The van der Waals surface area contributed by atoms with Crippen molar-refractivity contribution >= 4 is 16.9 Å². The van der Waals surface area contributed by atoms with E-state index in [1.54, 1.807) is 25.1 Å². The fraction of sp³-hybridized carbons (Fsp3) is 0.227. The van der Waals surface area contributed by atoms with Gasteiger partial charge in [0.25, 0.3) is 5.91 Å². The number of hydrogen-bond acceptors (Lipinski definition) is 6. The first-order chi connectivity index (χ1) is 15.7. The summed E-state index contributed by atoms with van der Waals surface area (Å²) < 4.78 is 59.6. The highest BCUT2D eigenvalue weighted by atomic mass is 19.4. The molecular weight excluding hydrogens is 441 g/mol. The number of nitrogens with one attached hydrogen (secondary N) is 1. The Kier molecular flexibility index (Phi) is 5.58. The third kappa shape index (κ3) is 3.80. The zero-order valence-corrected chi connectivity index (χ0v) is 17.8. The van der Waals surface area contributed by atoms with Crippen LogP contribution in [0.15, 0.2) is 59.1 Å². The maximum Gasteiger partial charge on any atom is 0.459 e. The molecule has 4 rings (SSSR count). The second-order valence-corrected chi connectivity index (χ2v) is 7.14. The number of carbonyl (C=O) groups excluding carboxylic acids is 1. The molecule has 8 nitrogen and oxygen atoms in total. The molecule has 0 saturated carbocycles. The van der Waals surface area contributed by atoms with E-state index in [-0.39, 0.29) is 16.6 Å². The maximum absolute atomic E-state index is 14.5. The highest BCUT2D eigenvalue weighted by Crippen LogP contribution is 2.41. The molecule has 1 N–H and O–H groups in total. The Morgan fingerprint density at radius 2 is 1.82 bits per heavy atom. The lowest BCUT2D eigenvalue weighted by atomic mass is 10.1. The summed E-state index contributed by atoms with van der Waals surface area (Å²) >= 11 is 0. The van der Waals surface area contributed by atoms with Crippen LogP contribution in [0.2, 0.25) is 0 Å². The van der Waals surface area contributed by atoms with Crippen molar-refractivity contribution in [1.82, 2.24) is 20.0 Å². The molecule has 0 spiro atoms. The number of aryl methyl sites for hydroxylation is 1. The van der Waals surface area contributed by atoms with Crippen LogP contribution in [0.3, 0.4) is 0 Å². The molecule has 1 amide bonds. The third-order valence-electron chi connectivity index (χ3n) is 5.03. The van der Waals surface area contributed by atoms with Crippen molar-refractivity contribution in [2.75, 3.05) is 14.2 Å². The van der Waals surface area contributed by atoms with Gasteiger partial charge in [0.2, 0.25) is 0 Å². The molecule has 0 fully saturated rings. The molecule has 0 saturated heterocycles. The molecule has 172 valence electrons. The molecular formula is C22H19F3N4O4. The SMILES string of the molecule is COc1nc2cc(-c3cc(C)no3)ccc2n1C(NC(=O)c1ccccc1)(OC)C(F)(F)F. The molecule has 0 radical (unpaired) electrons. The summed E-state index contributed by atoms with van der Waals surface area (Å²) in [6, 6.07) is 13.3. The van der Waals surface area contributed by atoms with Gasteiger partial charge in [0.05, 0.1) is 23.8 Å². The lowest BCUT2D eigenvalue weighted by Crippen LogP contribution is -2.61. The monoisotopic (exact) mass is 460 g/mol. The highest BCUT2D eigenvalue weighted by Gasteiger charge is 2.61. The van der Waals surface area contributed by atoms with E-state index >= 15 is 0 Å². The molecule has 2 aromatic heterocycles. The zero-order valence-electron chi connectivity index (χ0n) is 17.8. The quantitative estimate of drug-likeness (QED) is 0.433. The van der Waals surface area contributed by atoms with E-state index in [4.69, 9.17) is 14.0 Å². The molecule has 1 unspecified atom stereocenters. The number of imidazole rings is 1. The molecule has 1 atom stereocenters. The molecule has 11 heteroatoms. The van der Waals surface area contributed by atoms with Crippen molar-refractivity contribution in [2.24, 2.45) is 0 Å². The van der Waals surface area contributed by atoms with E-state index < -0.39 is 23.9 Å². The average molecular weight is 460 g/mol. The van der Waals surface area contributed by atoms with E-state index in [0.717, 1.165) is 7.11 Å². The number of rotatable bonds is 6. The third-order valence-corrected chi connectivity index (χ3v) is 5.03. The van der Waals surface area contributed by atoms with Gasteiger partial charge in [-0.1, -0.05) is 23.4 Å². The summed E-state index contributed by atoms with van der Waals surface area (Å²) in [7, 11) is 2.02. The number of ether oxygens (including phenoxy) is 2. The molecule has 0 aliphatic heterocycles. The Morgan fingerprint density at radius 1 is 1.09 bits per heavy atom. The van der Waals surface area contributed by atoms with Gasteiger partial charge in [0.1, 0.15) is 0 Å². The first-order valence-electron chi connectivity index (χ1n) is 9.70. The Labute approximate surface area is 185 Å². The minimum Gasteiger partial charge on any atom is -0.468 e. The minimum atomic E-state index is -5.09. The number of alkyl halides is 3. The van der Waals surface area contributed by atoms with Crippen LogP contribution in [0.25, 0.3) is 22.4 Å². The van der Waals surface area contributed by atoms with Gasteiger partial charge in [0, 0.05) is 24.3 Å². The van der Waals surface area contributed by atoms with Gasteiger partial charge in [-0.15, -0.1) is 0 Å². The average Bonchev–Trinajstić information content (AvgIpc) is 3.40. The van der Waals surface area contributed by atoms with Gasteiger partial charge in [-0.25, -0.2) is 4.57 Å². The number of aromatic nitrogens is 3. The zero-order chi connectivity index (χ0) is 23.8. The van der Waals surface area contributed by atoms with Crippen molar-refractivity contribution < 1.29 is 32.0 Å². The number of methoxy groups -OCH3 is 2. The van der Waals surface area contributed by atoms with E-state index in [0.29, 0.717) is 21.6 Å². The fourth-order valence-corrected chi connectivity index (χ4v) is 3.48. The van der Waals surface area contributed by atoms with E-state index in [1.807, 2.05) is 5.32 Å². The molecule has 0 aliphatic carbocycles. The van der Waals surface area contributed by atoms with Crippen LogP contribution >= 0.6 is 0 Å². The number of carbonyl (C=O) groups is 1. The summed E-state index contributed by atoms with van der Waals surface area (Å²) in [5, 5.41) is 5.80. The Morgan fingerprint density at radius 3 is 2.39 bits per heavy atom. The first kappa shape index (κ1) is 22.3. The van der Waals surface area contributed by atoms with Gasteiger partial charge in [0.15, 0.2) is 5.76 Å². The van der Waals surface area contributed by atoms with E-state index in [9.17, 15) is 18.0 Å². The summed E-state index contributed by atoms with van der Waals surface area (Å²) in [6.07, 6.45) is -5.09. The maximum atomic E-state index is 14.5. The summed E-state index contributed by atoms with van der Waals surface area (Å²) in [6.45, 7) is 1.75. The van der Waals surface area contributed by atoms with Crippen LogP contribution < -0.4 is 10.1 Å². The summed E-state index contributed by atoms with van der Waals surface area (Å²) in [5.74, 6) is -3.87. The molecule has 2 aromatic carbocycles. The minimum absolute atomic E-state index is 0.0133. The Bertz CT molecular complexity index is 1300. The van der Waals surface area contributed by atoms with Crippen LogP contribution in [0.4, 0.5) is 13.2 Å². The number of benzene rings is 2. The molecule has 0 aliphatic rings. The van der Waals surface area contributed by atoms with Crippen LogP contribution in [-0.2, 0) is 10.6 Å². The normalized spacial score (nSPS) is 13.6. The standard InChI is InChI=1S/C22H19F3N4O4/c1-13-11-18(33-28-13)15-9-10-17-16(12-15)26-20(31-2)29(17)22(32-3,21(23,24)25)27-19(30)14-7-5-4-6-8-14/h4-12H,1-3H3,(H,27,30).